The van der Waals surface area contributed by atoms with E-state index < -0.39 is 5.41 Å². The minimum Gasteiger partial charge on any atom is -0.379 e. The number of carbonyl (C=O) groups is 2. The average molecular weight is 561 g/mol. The number of piperidine rings is 1. The Balaban J connectivity index is 1.33. The third kappa shape index (κ3) is 6.53. The Labute approximate surface area is 247 Å². The van der Waals surface area contributed by atoms with Crippen LogP contribution in [0.5, 0.6) is 0 Å². The molecule has 0 aromatic heterocycles. The fourth-order valence-electron chi connectivity index (χ4n) is 8.95. The van der Waals surface area contributed by atoms with E-state index in [-0.39, 0.29) is 17.9 Å². The average Bonchev–Trinajstić information content (AvgIpc) is 3.02. The van der Waals surface area contributed by atoms with Gasteiger partial charge in [-0.25, -0.2) is 0 Å². The van der Waals surface area contributed by atoms with Crippen molar-refractivity contribution in [2.75, 3.05) is 23.7 Å². The standard InChI is InChI=1S/C35H52N4O2/c40-33(38-29-19-7-15-27-17-9-21-36-31(27)29)35(23-25-11-3-1-4-12-25,24-26-13-5-2-6-14-26)34(41)39-30-20-8-16-28-18-10-22-37-32(28)30/h7,9,15,17,19,25-26,28,30,32,36-37H,1-6,8,10-14,16,18,20-24H2,(H,38,40)(H,39,41). The predicted molar refractivity (Wildman–Crippen MR) is 168 cm³/mol. The van der Waals surface area contributed by atoms with Gasteiger partial charge in [-0.3, -0.25) is 9.59 Å². The van der Waals surface area contributed by atoms with Crippen LogP contribution in [0.15, 0.2) is 24.3 Å². The fourth-order valence-corrected chi connectivity index (χ4v) is 8.95. The van der Waals surface area contributed by atoms with E-state index in [1.807, 2.05) is 12.1 Å². The Kier molecular flexibility index (Phi) is 9.34. The highest BCUT2D eigenvalue weighted by atomic mass is 16.2. The Morgan fingerprint density at radius 2 is 1.51 bits per heavy atom. The molecule has 1 aromatic carbocycles. The number of hydrogen-bond acceptors (Lipinski definition) is 4. The lowest BCUT2D eigenvalue weighted by Gasteiger charge is -2.44. The van der Waals surface area contributed by atoms with Crippen molar-refractivity contribution in [3.8, 4) is 0 Å². The summed E-state index contributed by atoms with van der Waals surface area (Å²) in [7, 11) is 0. The number of carbonyl (C=O) groups excluding carboxylic acids is 2. The number of rotatable bonds is 8. The molecule has 6 nitrogen and oxygen atoms in total. The smallest absolute Gasteiger partial charge is 0.240 e. The van der Waals surface area contributed by atoms with Crippen molar-refractivity contribution < 1.29 is 9.59 Å². The number of amides is 2. The minimum atomic E-state index is -1.04. The molecule has 224 valence electrons. The number of nitrogens with one attached hydrogen (secondary N) is 4. The number of anilines is 2. The van der Waals surface area contributed by atoms with Crippen molar-refractivity contribution in [1.82, 2.24) is 10.6 Å². The van der Waals surface area contributed by atoms with Crippen LogP contribution in [0.2, 0.25) is 0 Å². The first kappa shape index (κ1) is 28.8. The summed E-state index contributed by atoms with van der Waals surface area (Å²) in [5, 5.41) is 14.2. The molecule has 6 rings (SSSR count). The van der Waals surface area contributed by atoms with Crippen LogP contribution in [0.25, 0.3) is 6.08 Å². The van der Waals surface area contributed by atoms with Crippen LogP contribution in [0.3, 0.4) is 0 Å². The molecule has 6 heteroatoms. The summed E-state index contributed by atoms with van der Waals surface area (Å²) in [4.78, 5) is 29.6. The maximum atomic E-state index is 14.8. The molecule has 1 aromatic rings. The molecule has 4 N–H and O–H groups in total. The summed E-state index contributed by atoms with van der Waals surface area (Å²) in [5.74, 6) is 1.42. The minimum absolute atomic E-state index is 0.00169. The summed E-state index contributed by atoms with van der Waals surface area (Å²) in [6.07, 6.45) is 23.4. The van der Waals surface area contributed by atoms with E-state index in [0.29, 0.717) is 36.6 Å². The van der Waals surface area contributed by atoms with Gasteiger partial charge in [-0.1, -0.05) is 94.9 Å². The highest BCUT2D eigenvalue weighted by Crippen LogP contribution is 2.44. The van der Waals surface area contributed by atoms with Crippen molar-refractivity contribution in [3.63, 3.8) is 0 Å². The topological polar surface area (TPSA) is 82.3 Å². The molecular weight excluding hydrogens is 508 g/mol. The molecule has 2 heterocycles. The second-order valence-electron chi connectivity index (χ2n) is 13.9. The van der Waals surface area contributed by atoms with E-state index in [4.69, 9.17) is 0 Å². The molecule has 2 aliphatic heterocycles. The van der Waals surface area contributed by atoms with Gasteiger partial charge in [-0.15, -0.1) is 0 Å². The van der Waals surface area contributed by atoms with Crippen molar-refractivity contribution >= 4 is 29.3 Å². The highest BCUT2D eigenvalue weighted by molar-refractivity contribution is 6.12. The van der Waals surface area contributed by atoms with Crippen LogP contribution in [-0.2, 0) is 9.59 Å². The molecule has 2 amide bonds. The molecule has 3 aliphatic carbocycles. The molecule has 0 radical (unpaired) electrons. The number of para-hydroxylation sites is 1. The first-order chi connectivity index (χ1) is 20.1. The zero-order chi connectivity index (χ0) is 28.1. The van der Waals surface area contributed by atoms with Gasteiger partial charge in [0, 0.05) is 18.6 Å². The number of hydrogen-bond donors (Lipinski definition) is 4. The van der Waals surface area contributed by atoms with Crippen LogP contribution < -0.4 is 21.3 Å². The van der Waals surface area contributed by atoms with Crippen LogP contribution in [-0.4, -0.2) is 37.0 Å². The van der Waals surface area contributed by atoms with Crippen LogP contribution in [0.4, 0.5) is 11.4 Å². The molecule has 3 atom stereocenters. The Morgan fingerprint density at radius 3 is 2.24 bits per heavy atom. The summed E-state index contributed by atoms with van der Waals surface area (Å²) in [6.45, 7) is 1.77. The van der Waals surface area contributed by atoms with E-state index in [9.17, 15) is 9.59 Å². The van der Waals surface area contributed by atoms with Crippen molar-refractivity contribution in [2.24, 2.45) is 23.2 Å². The van der Waals surface area contributed by atoms with E-state index in [0.717, 1.165) is 68.6 Å². The van der Waals surface area contributed by atoms with E-state index >= 15 is 0 Å². The van der Waals surface area contributed by atoms with Crippen molar-refractivity contribution in [1.29, 1.82) is 0 Å². The SMILES string of the molecule is O=C(Nc1cccc2c1NCC=C2)C(CC1CCCCC1)(CC1CCCCC1)C(=O)NC1CCCC2CCCNC21. The van der Waals surface area contributed by atoms with Gasteiger partial charge < -0.3 is 21.3 Å². The molecule has 0 spiro atoms. The first-order valence-electron chi connectivity index (χ1n) is 17.0. The summed E-state index contributed by atoms with van der Waals surface area (Å²) >= 11 is 0. The Morgan fingerprint density at radius 1 is 0.805 bits per heavy atom. The predicted octanol–water partition coefficient (Wildman–Crippen LogP) is 7.03. The summed E-state index contributed by atoms with van der Waals surface area (Å²) < 4.78 is 0. The third-order valence-corrected chi connectivity index (χ3v) is 11.1. The van der Waals surface area contributed by atoms with Gasteiger partial charge in [0.15, 0.2) is 0 Å². The summed E-state index contributed by atoms with van der Waals surface area (Å²) in [5.41, 5.74) is 1.81. The number of fused-ring (bicyclic) bond motifs is 2. The van der Waals surface area contributed by atoms with Gasteiger partial charge in [-0.2, -0.15) is 0 Å². The second-order valence-corrected chi connectivity index (χ2v) is 13.9. The van der Waals surface area contributed by atoms with E-state index in [1.165, 1.54) is 57.8 Å². The largest absolute Gasteiger partial charge is 0.379 e. The molecular formula is C35H52N4O2. The second kappa shape index (κ2) is 13.3. The molecule has 3 unspecified atom stereocenters. The summed E-state index contributed by atoms with van der Waals surface area (Å²) in [6, 6.07) is 6.53. The van der Waals surface area contributed by atoms with Gasteiger partial charge in [0.2, 0.25) is 11.8 Å². The van der Waals surface area contributed by atoms with Crippen LogP contribution in [0.1, 0.15) is 115 Å². The van der Waals surface area contributed by atoms with Crippen molar-refractivity contribution in [2.45, 2.75) is 121 Å². The maximum absolute atomic E-state index is 14.8. The molecule has 3 saturated carbocycles. The zero-order valence-corrected chi connectivity index (χ0v) is 25.0. The van der Waals surface area contributed by atoms with Gasteiger partial charge in [-0.05, 0) is 74.5 Å². The quantitative estimate of drug-likeness (QED) is 0.257. The monoisotopic (exact) mass is 560 g/mol. The maximum Gasteiger partial charge on any atom is 0.240 e. The molecule has 4 fully saturated rings. The van der Waals surface area contributed by atoms with Gasteiger partial charge >= 0.3 is 0 Å². The highest BCUT2D eigenvalue weighted by Gasteiger charge is 2.50. The lowest BCUT2D eigenvalue weighted by atomic mass is 9.66. The first-order valence-corrected chi connectivity index (χ1v) is 17.0. The van der Waals surface area contributed by atoms with E-state index in [1.54, 1.807) is 0 Å². The van der Waals surface area contributed by atoms with E-state index in [2.05, 4.69) is 39.5 Å². The lowest BCUT2D eigenvalue weighted by Crippen LogP contribution is -2.61. The third-order valence-electron chi connectivity index (χ3n) is 11.1. The normalized spacial score (nSPS) is 27.3. The molecule has 0 bridgehead atoms. The molecule has 1 saturated heterocycles. The van der Waals surface area contributed by atoms with Gasteiger partial charge in [0.1, 0.15) is 5.41 Å². The Hall–Kier alpha value is -2.34. The molecule has 41 heavy (non-hydrogen) atoms. The van der Waals surface area contributed by atoms with Gasteiger partial charge in [0.05, 0.1) is 11.4 Å². The van der Waals surface area contributed by atoms with Crippen molar-refractivity contribution in [3.05, 3.63) is 29.8 Å². The van der Waals surface area contributed by atoms with Crippen LogP contribution in [0, 0.1) is 23.2 Å². The number of benzene rings is 1. The van der Waals surface area contributed by atoms with Crippen LogP contribution >= 0.6 is 0 Å². The molecule has 5 aliphatic rings. The van der Waals surface area contributed by atoms with Gasteiger partial charge in [0.25, 0.3) is 0 Å². The zero-order valence-electron chi connectivity index (χ0n) is 25.0. The lowest BCUT2D eigenvalue weighted by molar-refractivity contribution is -0.145. The fraction of sp³-hybridized carbons (Fsp3) is 0.714. The Bertz CT molecular complexity index is 1070.